The van der Waals surface area contributed by atoms with Crippen LogP contribution in [0.1, 0.15) is 68.2 Å². The van der Waals surface area contributed by atoms with Crippen LogP contribution >= 0.6 is 8.15 Å². The summed E-state index contributed by atoms with van der Waals surface area (Å²) >= 11 is 0. The van der Waals surface area contributed by atoms with Crippen LogP contribution in [-0.4, -0.2) is 12.8 Å². The third-order valence-electron chi connectivity index (χ3n) is 3.54. The molecule has 1 atom stereocenters. The van der Waals surface area contributed by atoms with Crippen molar-refractivity contribution in [1.29, 1.82) is 5.26 Å². The molecule has 0 aromatic carbocycles. The lowest BCUT2D eigenvalue weighted by molar-refractivity contribution is 0.364. The van der Waals surface area contributed by atoms with E-state index in [0.29, 0.717) is 36.7 Å². The zero-order valence-corrected chi connectivity index (χ0v) is 18.0. The first-order chi connectivity index (χ1) is 11.2. The smallest absolute Gasteiger partial charge is 0.0646 e. The van der Waals surface area contributed by atoms with E-state index in [-0.39, 0.29) is 0 Å². The average Bonchev–Trinajstić information content (AvgIpc) is 2.43. The highest BCUT2D eigenvalue weighted by Crippen LogP contribution is 2.51. The van der Waals surface area contributed by atoms with Crippen molar-refractivity contribution in [3.63, 3.8) is 0 Å². The molecule has 0 aromatic rings. The molecule has 0 aliphatic heterocycles. The van der Waals surface area contributed by atoms with Gasteiger partial charge in [0.25, 0.3) is 0 Å². The van der Waals surface area contributed by atoms with Crippen molar-refractivity contribution >= 4 is 8.15 Å². The summed E-state index contributed by atoms with van der Waals surface area (Å²) in [5, 5.41) is 10.3. The van der Waals surface area contributed by atoms with E-state index in [1.807, 2.05) is 0 Å². The van der Waals surface area contributed by atoms with Crippen molar-refractivity contribution in [1.82, 2.24) is 0 Å². The van der Waals surface area contributed by atoms with E-state index in [1.165, 1.54) is 10.9 Å². The molecule has 0 bridgehead atoms. The van der Waals surface area contributed by atoms with Crippen LogP contribution in [0, 0.1) is 35.0 Å². The minimum absolute atomic E-state index is 0.473. The van der Waals surface area contributed by atoms with Gasteiger partial charge >= 0.3 is 0 Å². The fraction of sp³-hybridized carbons (Fsp3) is 0.762. The molecular weight excluding hydrogens is 313 g/mol. The average molecular weight is 352 g/mol. The molecule has 1 unspecified atom stereocenters. The minimum atomic E-state index is -0.661. The SMILES string of the molecule is CC(C)/C=C(/CC(C)C)P(C/C(=C/C(C)C)C(C)C)OCCC#N. The quantitative estimate of drug-likeness (QED) is 0.225. The summed E-state index contributed by atoms with van der Waals surface area (Å²) in [6, 6.07) is 2.20. The van der Waals surface area contributed by atoms with Crippen LogP contribution in [-0.2, 0) is 4.52 Å². The Kier molecular flexibility index (Phi) is 12.3. The van der Waals surface area contributed by atoms with Crippen LogP contribution in [0.4, 0.5) is 0 Å². The van der Waals surface area contributed by atoms with Gasteiger partial charge in [0.2, 0.25) is 0 Å². The van der Waals surface area contributed by atoms with E-state index in [2.05, 4.69) is 73.6 Å². The summed E-state index contributed by atoms with van der Waals surface area (Å²) in [7, 11) is -0.661. The van der Waals surface area contributed by atoms with Gasteiger partial charge in [0.1, 0.15) is 0 Å². The highest BCUT2D eigenvalue weighted by molar-refractivity contribution is 7.57. The van der Waals surface area contributed by atoms with Crippen LogP contribution in [0.25, 0.3) is 0 Å². The van der Waals surface area contributed by atoms with Gasteiger partial charge < -0.3 is 4.52 Å². The van der Waals surface area contributed by atoms with Crippen molar-refractivity contribution in [2.75, 3.05) is 12.8 Å². The molecular formula is C21H38NOP. The molecule has 0 N–H and O–H groups in total. The standard InChI is InChI=1S/C21H38NOP/c1-16(2)12-20(19(7)8)15-24(23-11-9-10-22)21(13-17(3)4)14-18(5)6/h12-13,16-19H,9,11,14-15H2,1-8H3/b20-12-,21-13-. The third-order valence-corrected chi connectivity index (χ3v) is 5.66. The summed E-state index contributed by atoms with van der Waals surface area (Å²) in [6.07, 6.45) is 7.35. The van der Waals surface area contributed by atoms with Crippen LogP contribution in [0.2, 0.25) is 0 Å². The zero-order chi connectivity index (χ0) is 18.7. The minimum Gasteiger partial charge on any atom is -0.353 e. The number of hydrogen-bond donors (Lipinski definition) is 0. The fourth-order valence-corrected chi connectivity index (χ4v) is 5.12. The Balaban J connectivity index is 5.48. The number of rotatable bonds is 11. The van der Waals surface area contributed by atoms with Crippen LogP contribution in [0.15, 0.2) is 23.0 Å². The van der Waals surface area contributed by atoms with Gasteiger partial charge in [0, 0.05) is 6.16 Å². The van der Waals surface area contributed by atoms with Gasteiger partial charge in [0.15, 0.2) is 0 Å². The first-order valence-corrected chi connectivity index (χ1v) is 10.8. The normalized spacial score (nSPS) is 14.8. The van der Waals surface area contributed by atoms with Crippen molar-refractivity contribution in [2.24, 2.45) is 23.7 Å². The van der Waals surface area contributed by atoms with Gasteiger partial charge in [-0.25, -0.2) is 0 Å². The van der Waals surface area contributed by atoms with Crippen LogP contribution in [0.3, 0.4) is 0 Å². The Hall–Kier alpha value is -0.640. The molecule has 0 heterocycles. The number of nitrogens with zero attached hydrogens (tertiary/aromatic N) is 1. The maximum absolute atomic E-state index is 8.85. The predicted octanol–water partition coefficient (Wildman–Crippen LogP) is 7.14. The number of hydrogen-bond acceptors (Lipinski definition) is 2. The van der Waals surface area contributed by atoms with Crippen molar-refractivity contribution in [3.8, 4) is 6.07 Å². The van der Waals surface area contributed by atoms with Gasteiger partial charge in [-0.3, -0.25) is 0 Å². The largest absolute Gasteiger partial charge is 0.353 e. The Morgan fingerprint density at radius 1 is 1.00 bits per heavy atom. The third kappa shape index (κ3) is 11.0. The van der Waals surface area contributed by atoms with Crippen LogP contribution < -0.4 is 0 Å². The zero-order valence-electron chi connectivity index (χ0n) is 17.1. The molecule has 0 radical (unpaired) electrons. The number of nitriles is 1. The van der Waals surface area contributed by atoms with E-state index in [9.17, 15) is 0 Å². The first kappa shape index (κ1) is 23.4. The molecule has 0 aliphatic rings. The second-order valence-electron chi connectivity index (χ2n) is 7.92. The Bertz CT molecular complexity index is 441. The highest BCUT2D eigenvalue weighted by Gasteiger charge is 2.20. The lowest BCUT2D eigenvalue weighted by Crippen LogP contribution is -2.06. The van der Waals surface area contributed by atoms with E-state index in [0.717, 1.165) is 12.6 Å². The maximum Gasteiger partial charge on any atom is 0.0646 e. The Labute approximate surface area is 152 Å². The number of allylic oxidation sites excluding steroid dienone is 4. The van der Waals surface area contributed by atoms with E-state index >= 15 is 0 Å². The molecule has 24 heavy (non-hydrogen) atoms. The van der Waals surface area contributed by atoms with E-state index in [1.54, 1.807) is 0 Å². The van der Waals surface area contributed by atoms with E-state index in [4.69, 9.17) is 9.79 Å². The second kappa shape index (κ2) is 12.7. The molecule has 0 rings (SSSR count). The summed E-state index contributed by atoms with van der Waals surface area (Å²) in [4.78, 5) is 0. The molecule has 3 heteroatoms. The molecule has 0 aromatic heterocycles. The van der Waals surface area contributed by atoms with Gasteiger partial charge in [0.05, 0.1) is 27.2 Å². The molecule has 0 fully saturated rings. The highest BCUT2D eigenvalue weighted by atomic mass is 31.1. The molecule has 0 spiro atoms. The van der Waals surface area contributed by atoms with Crippen LogP contribution in [0.5, 0.6) is 0 Å². The monoisotopic (exact) mass is 351 g/mol. The topological polar surface area (TPSA) is 33.0 Å². The molecule has 0 amide bonds. The molecule has 138 valence electrons. The Morgan fingerprint density at radius 3 is 2.00 bits per heavy atom. The van der Waals surface area contributed by atoms with Gasteiger partial charge in [-0.05, 0) is 35.4 Å². The Morgan fingerprint density at radius 2 is 1.58 bits per heavy atom. The lowest BCUT2D eigenvalue weighted by Gasteiger charge is -2.26. The fourth-order valence-electron chi connectivity index (χ4n) is 2.51. The van der Waals surface area contributed by atoms with Crippen molar-refractivity contribution < 1.29 is 4.52 Å². The van der Waals surface area contributed by atoms with Crippen molar-refractivity contribution in [2.45, 2.75) is 68.2 Å². The van der Waals surface area contributed by atoms with E-state index < -0.39 is 8.15 Å². The molecule has 0 saturated heterocycles. The predicted molar refractivity (Wildman–Crippen MR) is 108 cm³/mol. The summed E-state index contributed by atoms with van der Waals surface area (Å²) in [5.74, 6) is 2.24. The van der Waals surface area contributed by atoms with Gasteiger partial charge in [-0.2, -0.15) is 5.26 Å². The molecule has 2 nitrogen and oxygen atoms in total. The lowest BCUT2D eigenvalue weighted by atomic mass is 10.0. The summed E-state index contributed by atoms with van der Waals surface area (Å²) in [5.41, 5.74) is 1.49. The van der Waals surface area contributed by atoms with Gasteiger partial charge in [-0.1, -0.05) is 73.1 Å². The van der Waals surface area contributed by atoms with Crippen molar-refractivity contribution in [3.05, 3.63) is 23.0 Å². The molecule has 0 saturated carbocycles. The maximum atomic E-state index is 8.85. The summed E-state index contributed by atoms with van der Waals surface area (Å²) < 4.78 is 6.24. The molecule has 0 aliphatic carbocycles. The first-order valence-electron chi connectivity index (χ1n) is 9.36. The second-order valence-corrected chi connectivity index (χ2v) is 9.82. The summed E-state index contributed by atoms with van der Waals surface area (Å²) in [6.45, 7) is 18.6. The van der Waals surface area contributed by atoms with Gasteiger partial charge in [-0.15, -0.1) is 0 Å².